The van der Waals surface area contributed by atoms with Crippen LogP contribution in [0.5, 0.6) is 0 Å². The topological polar surface area (TPSA) is 169 Å². The van der Waals surface area contributed by atoms with E-state index in [2.05, 4.69) is 279 Å². The lowest BCUT2D eigenvalue weighted by molar-refractivity contribution is 0.668. The van der Waals surface area contributed by atoms with Crippen molar-refractivity contribution in [2.24, 2.45) is 0 Å². The SMILES string of the molecule is c1ccc(-c2nc(-c3ccc4c(ccc5oc6ccccc6c54)c3)nc(-c3cccc4oc5ccccc5c34)n2)cc1.c1ccc(-c2nc(-c3ccc4ccccc4c3)nc(-c3ccc4oc5cccc(-c6ccc7ccc8ccccc8c7c6)c5c4c3)n2)cc1.c1ccc2cc(-c3nc(-c4cccc5c4ccc4c6ccccc6ccc54)nc(-c4cccc5oc6ccccc6c45)n3)ccc2c1. The van der Waals surface area contributed by atoms with Crippen LogP contribution in [0.15, 0.2) is 461 Å². The van der Waals surface area contributed by atoms with E-state index in [4.69, 9.17) is 62.5 Å². The summed E-state index contributed by atoms with van der Waals surface area (Å²) in [6.45, 7) is 0. The van der Waals surface area contributed by atoms with Crippen molar-refractivity contribution < 1.29 is 17.7 Å². The molecule has 0 aliphatic rings. The quantitative estimate of drug-likeness (QED) is 0.119. The minimum atomic E-state index is 0.604. The van der Waals surface area contributed by atoms with Gasteiger partial charge in [0.1, 0.15) is 44.7 Å². The van der Waals surface area contributed by atoms with Gasteiger partial charge in [0.25, 0.3) is 0 Å². The Labute approximate surface area is 787 Å². The number of hydrogen-bond donors (Lipinski definition) is 0. The zero-order chi connectivity index (χ0) is 90.8. The Bertz CT molecular complexity index is 10000. The van der Waals surface area contributed by atoms with Crippen LogP contribution in [0.4, 0.5) is 0 Å². The largest absolute Gasteiger partial charge is 0.456 e. The first-order valence-electron chi connectivity index (χ1n) is 46.1. The first kappa shape index (κ1) is 78.9. The smallest absolute Gasteiger partial charge is 0.164 e. The summed E-state index contributed by atoms with van der Waals surface area (Å²) in [4.78, 5) is 45.6. The van der Waals surface area contributed by atoms with Crippen LogP contribution in [0.25, 0.3) is 288 Å². The molecule has 7 aromatic heterocycles. The minimum absolute atomic E-state index is 0.604. The van der Waals surface area contributed by atoms with Crippen LogP contribution in [0.3, 0.4) is 0 Å². The van der Waals surface area contributed by atoms with Crippen molar-refractivity contribution in [2.45, 2.75) is 0 Å². The van der Waals surface area contributed by atoms with Gasteiger partial charge in [-0.2, -0.15) is 0 Å². The molecular formula is C125H73N9O4. The standard InChI is InChI=1S/C45H27N3O.C43H25N3O.C37H21N3O2/c1-2-11-31(12-3-1)43-46-44(34-22-17-28-9-4-5-13-32(28)25-34)48-45(47-43)35-23-24-40-39(27-35)42-37(15-8-16-41(42)49-40)33-21-20-30-19-18-29-10-6-7-14-36(29)38(30)26-33;1-2-11-28-25-29(20-19-26(28)9-1)41-44-42(46-43(45-41)37-16-8-18-39-40(37)36-13-5-6-17-38(36)47-39)35-15-7-14-31-33-22-21-27-10-3-4-12-30(27)32(33)23-24-34(31)35;1-2-9-22(10-3-1)35-38-36(40-37(39-35)28-13-8-16-31-34(28)27-12-5-7-15-30(27)41-31)24-17-19-25-23(21-24)18-20-32-33(25)26-11-4-6-14-29(26)42-32/h1-27H;1-25H;1-21H. The van der Waals surface area contributed by atoms with Gasteiger partial charge in [-0.05, 0) is 182 Å². The number of hydrogen-bond acceptors (Lipinski definition) is 13. The Morgan fingerprint density at radius 3 is 0.949 bits per heavy atom. The van der Waals surface area contributed by atoms with E-state index < -0.39 is 0 Å². The molecule has 29 aromatic rings. The number of rotatable bonds is 10. The number of furan rings is 4. The van der Waals surface area contributed by atoms with Crippen LogP contribution in [0.1, 0.15) is 0 Å². The van der Waals surface area contributed by atoms with Crippen molar-refractivity contribution in [1.82, 2.24) is 44.9 Å². The molecule has 0 aliphatic carbocycles. The molecule has 0 aliphatic heterocycles. The van der Waals surface area contributed by atoms with Crippen LogP contribution in [0.2, 0.25) is 0 Å². The van der Waals surface area contributed by atoms with Gasteiger partial charge in [0, 0.05) is 93.2 Å². The third-order valence-electron chi connectivity index (χ3n) is 26.7. The molecule has 13 nitrogen and oxygen atoms in total. The normalized spacial score (nSPS) is 11.8. The predicted octanol–water partition coefficient (Wildman–Crippen LogP) is 33.1. The van der Waals surface area contributed by atoms with E-state index in [-0.39, 0.29) is 0 Å². The molecule has 0 bridgehead atoms. The Balaban J connectivity index is 0.000000105. The fourth-order valence-corrected chi connectivity index (χ4v) is 20.1. The van der Waals surface area contributed by atoms with Crippen molar-refractivity contribution in [2.75, 3.05) is 0 Å². The Morgan fingerprint density at radius 1 is 0.116 bits per heavy atom. The molecule has 642 valence electrons. The lowest BCUT2D eigenvalue weighted by Gasteiger charge is -2.13. The van der Waals surface area contributed by atoms with Gasteiger partial charge in [-0.25, -0.2) is 44.9 Å². The fourth-order valence-electron chi connectivity index (χ4n) is 20.1. The van der Waals surface area contributed by atoms with E-state index in [1.807, 2.05) is 164 Å². The second kappa shape index (κ2) is 32.6. The second-order valence-corrected chi connectivity index (χ2v) is 34.9. The van der Waals surface area contributed by atoms with Gasteiger partial charge in [0.05, 0.1) is 0 Å². The Morgan fingerprint density at radius 2 is 0.399 bits per heavy atom. The van der Waals surface area contributed by atoms with Crippen LogP contribution >= 0.6 is 0 Å². The lowest BCUT2D eigenvalue weighted by atomic mass is 9.94. The molecule has 0 fully saturated rings. The average Bonchev–Trinajstić information content (AvgIpc) is 1.43. The summed E-state index contributed by atoms with van der Waals surface area (Å²) in [5.41, 5.74) is 17.4. The molecule has 7 heterocycles. The maximum absolute atomic E-state index is 6.44. The molecule has 0 saturated heterocycles. The maximum atomic E-state index is 6.44. The number of para-hydroxylation sites is 3. The molecule has 29 rings (SSSR count). The van der Waals surface area contributed by atoms with Crippen molar-refractivity contribution in [3.8, 4) is 114 Å². The lowest BCUT2D eigenvalue weighted by Crippen LogP contribution is -2.01. The minimum Gasteiger partial charge on any atom is -0.456 e. The first-order chi connectivity index (χ1) is 68.3. The van der Waals surface area contributed by atoms with Gasteiger partial charge < -0.3 is 17.7 Å². The fraction of sp³-hybridized carbons (Fsp3) is 0. The van der Waals surface area contributed by atoms with E-state index >= 15 is 0 Å². The molecule has 0 unspecified atom stereocenters. The number of fused-ring (bicyclic) bond motifs is 24. The van der Waals surface area contributed by atoms with Crippen molar-refractivity contribution in [1.29, 1.82) is 0 Å². The molecule has 13 heteroatoms. The Kier molecular flexibility index (Phi) is 18.6. The highest BCUT2D eigenvalue weighted by molar-refractivity contribution is 6.22. The first-order valence-corrected chi connectivity index (χ1v) is 46.1. The number of aromatic nitrogens is 9. The summed E-state index contributed by atoms with van der Waals surface area (Å²) < 4.78 is 25.0. The monoisotopic (exact) mass is 1760 g/mol. The molecule has 0 amide bonds. The van der Waals surface area contributed by atoms with Crippen LogP contribution in [-0.2, 0) is 0 Å². The summed E-state index contributed by atoms with van der Waals surface area (Å²) in [6.07, 6.45) is 0. The highest BCUT2D eigenvalue weighted by Crippen LogP contribution is 2.46. The molecule has 0 N–H and O–H groups in total. The van der Waals surface area contributed by atoms with Gasteiger partial charge in [-0.15, -0.1) is 0 Å². The number of benzene rings is 22. The average molecular weight is 1770 g/mol. The molecule has 0 spiro atoms. The van der Waals surface area contributed by atoms with Gasteiger partial charge in [-0.3, -0.25) is 0 Å². The van der Waals surface area contributed by atoms with Crippen LogP contribution in [-0.4, -0.2) is 44.9 Å². The second-order valence-electron chi connectivity index (χ2n) is 34.9. The van der Waals surface area contributed by atoms with E-state index in [9.17, 15) is 0 Å². The van der Waals surface area contributed by atoms with Gasteiger partial charge in [0.15, 0.2) is 52.4 Å². The van der Waals surface area contributed by atoms with Crippen LogP contribution < -0.4 is 0 Å². The summed E-state index contributed by atoms with van der Waals surface area (Å²) in [5, 5.41) is 27.4. The van der Waals surface area contributed by atoms with Crippen molar-refractivity contribution in [3.05, 3.63) is 443 Å². The zero-order valence-corrected chi connectivity index (χ0v) is 73.8. The molecule has 0 radical (unpaired) electrons. The molecule has 0 saturated carbocycles. The summed E-state index contributed by atoms with van der Waals surface area (Å²) in [5.74, 6) is 5.60. The van der Waals surface area contributed by atoms with Gasteiger partial charge >= 0.3 is 0 Å². The van der Waals surface area contributed by atoms with E-state index in [1.54, 1.807) is 0 Å². The molecule has 0 atom stereocenters. The molecular weight excluding hydrogens is 1690 g/mol. The number of nitrogens with zero attached hydrogens (tertiary/aromatic N) is 9. The maximum Gasteiger partial charge on any atom is 0.164 e. The van der Waals surface area contributed by atoms with Crippen molar-refractivity contribution in [3.63, 3.8) is 0 Å². The van der Waals surface area contributed by atoms with E-state index in [1.165, 1.54) is 59.2 Å². The summed E-state index contributed by atoms with van der Waals surface area (Å²) >= 11 is 0. The van der Waals surface area contributed by atoms with E-state index in [0.29, 0.717) is 52.4 Å². The molecule has 22 aromatic carbocycles. The van der Waals surface area contributed by atoms with Gasteiger partial charge in [0.2, 0.25) is 0 Å². The Hall–Kier alpha value is -18.9. The van der Waals surface area contributed by atoms with Crippen molar-refractivity contribution >= 4 is 174 Å². The highest BCUT2D eigenvalue weighted by Gasteiger charge is 2.25. The van der Waals surface area contributed by atoms with Gasteiger partial charge in [-0.1, -0.05) is 358 Å². The molecule has 138 heavy (non-hydrogen) atoms. The predicted molar refractivity (Wildman–Crippen MR) is 563 cm³/mol. The van der Waals surface area contributed by atoms with Crippen LogP contribution in [0, 0.1) is 0 Å². The van der Waals surface area contributed by atoms with E-state index in [0.717, 1.165) is 176 Å². The summed E-state index contributed by atoms with van der Waals surface area (Å²) in [7, 11) is 0. The highest BCUT2D eigenvalue weighted by atomic mass is 16.3. The third kappa shape index (κ3) is 13.7. The zero-order valence-electron chi connectivity index (χ0n) is 73.8. The summed E-state index contributed by atoms with van der Waals surface area (Å²) in [6, 6.07) is 153. The third-order valence-corrected chi connectivity index (χ3v) is 26.7.